The van der Waals surface area contributed by atoms with Crippen LogP contribution < -0.4 is 14.8 Å². The van der Waals surface area contributed by atoms with Crippen LogP contribution in [0.4, 0.5) is 5.69 Å². The number of nitrogens with one attached hydrogen (secondary N) is 1. The SMILES string of the molecule is COc1cc(C#N)cc(Cl)c1OCC(=O)Nc1ccccc1Sc1ccccc1. The molecule has 0 saturated heterocycles. The number of hydrogen-bond donors (Lipinski definition) is 1. The van der Waals surface area contributed by atoms with Gasteiger partial charge in [0.15, 0.2) is 18.1 Å². The lowest BCUT2D eigenvalue weighted by molar-refractivity contribution is -0.118. The summed E-state index contributed by atoms with van der Waals surface area (Å²) in [4.78, 5) is 14.4. The first-order valence-corrected chi connectivity index (χ1v) is 9.82. The van der Waals surface area contributed by atoms with E-state index in [9.17, 15) is 4.79 Å². The zero-order valence-corrected chi connectivity index (χ0v) is 17.1. The predicted molar refractivity (Wildman–Crippen MR) is 114 cm³/mol. The van der Waals surface area contributed by atoms with E-state index in [-0.39, 0.29) is 23.3 Å². The number of para-hydroxylation sites is 1. The molecule has 0 heterocycles. The van der Waals surface area contributed by atoms with E-state index in [0.717, 1.165) is 9.79 Å². The molecule has 0 aliphatic heterocycles. The highest BCUT2D eigenvalue weighted by Gasteiger charge is 2.15. The molecule has 0 aromatic heterocycles. The van der Waals surface area contributed by atoms with Crippen LogP contribution in [-0.4, -0.2) is 19.6 Å². The zero-order valence-electron chi connectivity index (χ0n) is 15.5. The fourth-order valence-electron chi connectivity index (χ4n) is 2.52. The molecule has 29 heavy (non-hydrogen) atoms. The van der Waals surface area contributed by atoms with Gasteiger partial charge in [-0.25, -0.2) is 0 Å². The van der Waals surface area contributed by atoms with Gasteiger partial charge in [-0.05, 0) is 30.3 Å². The second-order valence-corrected chi connectivity index (χ2v) is 7.37. The largest absolute Gasteiger partial charge is 0.493 e. The van der Waals surface area contributed by atoms with Gasteiger partial charge in [0.2, 0.25) is 0 Å². The van der Waals surface area contributed by atoms with Gasteiger partial charge in [0, 0.05) is 15.9 Å². The van der Waals surface area contributed by atoms with Crippen molar-refractivity contribution >= 4 is 35.0 Å². The minimum Gasteiger partial charge on any atom is -0.493 e. The van der Waals surface area contributed by atoms with Crippen LogP contribution in [-0.2, 0) is 4.79 Å². The number of methoxy groups -OCH3 is 1. The van der Waals surface area contributed by atoms with E-state index in [2.05, 4.69) is 5.32 Å². The highest BCUT2D eigenvalue weighted by atomic mass is 35.5. The Balaban J connectivity index is 1.69. The Labute approximate surface area is 178 Å². The molecular weight excluding hydrogens is 408 g/mol. The van der Waals surface area contributed by atoms with Gasteiger partial charge in [0.25, 0.3) is 5.91 Å². The third kappa shape index (κ3) is 5.44. The molecule has 3 rings (SSSR count). The Morgan fingerprint density at radius 2 is 1.86 bits per heavy atom. The van der Waals surface area contributed by atoms with Crippen LogP contribution in [0.25, 0.3) is 0 Å². The summed E-state index contributed by atoms with van der Waals surface area (Å²) < 4.78 is 10.8. The van der Waals surface area contributed by atoms with E-state index in [0.29, 0.717) is 17.0 Å². The number of benzene rings is 3. The third-order valence-corrected chi connectivity index (χ3v) is 5.20. The molecule has 0 bridgehead atoms. The highest BCUT2D eigenvalue weighted by molar-refractivity contribution is 7.99. The zero-order chi connectivity index (χ0) is 20.6. The number of amides is 1. The molecule has 1 amide bonds. The maximum absolute atomic E-state index is 12.4. The number of carbonyl (C=O) groups is 1. The summed E-state index contributed by atoms with van der Waals surface area (Å²) in [7, 11) is 1.44. The van der Waals surface area contributed by atoms with Crippen LogP contribution in [0.1, 0.15) is 5.56 Å². The van der Waals surface area contributed by atoms with Gasteiger partial charge >= 0.3 is 0 Å². The van der Waals surface area contributed by atoms with E-state index in [1.165, 1.54) is 19.2 Å². The first kappa shape index (κ1) is 20.6. The van der Waals surface area contributed by atoms with Crippen molar-refractivity contribution in [3.05, 3.63) is 77.3 Å². The molecule has 5 nitrogen and oxygen atoms in total. The Kier molecular flexibility index (Phi) is 7.01. The molecule has 0 saturated carbocycles. The fourth-order valence-corrected chi connectivity index (χ4v) is 3.71. The molecule has 1 N–H and O–H groups in total. The summed E-state index contributed by atoms with van der Waals surface area (Å²) in [6.07, 6.45) is 0. The maximum atomic E-state index is 12.4. The predicted octanol–water partition coefficient (Wildman–Crippen LogP) is 5.39. The smallest absolute Gasteiger partial charge is 0.262 e. The third-order valence-electron chi connectivity index (χ3n) is 3.84. The number of rotatable bonds is 7. The average molecular weight is 425 g/mol. The van der Waals surface area contributed by atoms with E-state index in [4.69, 9.17) is 26.3 Å². The summed E-state index contributed by atoms with van der Waals surface area (Å²) in [5.74, 6) is 0.172. The van der Waals surface area contributed by atoms with Crippen molar-refractivity contribution in [2.24, 2.45) is 0 Å². The average Bonchev–Trinajstić information content (AvgIpc) is 2.74. The number of ether oxygens (including phenoxy) is 2. The maximum Gasteiger partial charge on any atom is 0.262 e. The molecule has 0 unspecified atom stereocenters. The fraction of sp³-hybridized carbons (Fsp3) is 0.0909. The van der Waals surface area contributed by atoms with Crippen LogP contribution >= 0.6 is 23.4 Å². The summed E-state index contributed by atoms with van der Waals surface area (Å²) >= 11 is 7.72. The van der Waals surface area contributed by atoms with Crippen molar-refractivity contribution < 1.29 is 14.3 Å². The molecule has 3 aromatic carbocycles. The summed E-state index contributed by atoms with van der Waals surface area (Å²) in [5.41, 5.74) is 1.03. The van der Waals surface area contributed by atoms with Crippen molar-refractivity contribution in [1.29, 1.82) is 5.26 Å². The summed E-state index contributed by atoms with van der Waals surface area (Å²) in [6, 6.07) is 22.4. The van der Waals surface area contributed by atoms with Crippen molar-refractivity contribution in [3.63, 3.8) is 0 Å². The minimum atomic E-state index is -0.339. The van der Waals surface area contributed by atoms with Crippen molar-refractivity contribution in [3.8, 4) is 17.6 Å². The Hall–Kier alpha value is -3.14. The molecule has 0 radical (unpaired) electrons. The number of halogens is 1. The molecule has 0 aliphatic rings. The number of hydrogen-bond acceptors (Lipinski definition) is 5. The van der Waals surface area contributed by atoms with Gasteiger partial charge in [-0.15, -0.1) is 0 Å². The van der Waals surface area contributed by atoms with Crippen LogP contribution in [0.2, 0.25) is 5.02 Å². The second-order valence-electron chi connectivity index (χ2n) is 5.85. The molecule has 0 atom stereocenters. The first-order valence-electron chi connectivity index (χ1n) is 8.63. The van der Waals surface area contributed by atoms with E-state index < -0.39 is 0 Å². The molecular formula is C22H17ClN2O3S. The quantitative estimate of drug-likeness (QED) is 0.550. The van der Waals surface area contributed by atoms with E-state index >= 15 is 0 Å². The minimum absolute atomic E-state index is 0.203. The number of nitriles is 1. The molecule has 0 fully saturated rings. The van der Waals surface area contributed by atoms with Crippen molar-refractivity contribution in [2.45, 2.75) is 9.79 Å². The molecule has 3 aromatic rings. The summed E-state index contributed by atoms with van der Waals surface area (Å²) in [6.45, 7) is -0.258. The molecule has 0 spiro atoms. The Bertz CT molecular complexity index is 1050. The second kappa shape index (κ2) is 9.87. The van der Waals surface area contributed by atoms with Crippen LogP contribution in [0.15, 0.2) is 76.5 Å². The topological polar surface area (TPSA) is 71.3 Å². The van der Waals surface area contributed by atoms with E-state index in [1.807, 2.05) is 60.7 Å². The number of anilines is 1. The van der Waals surface area contributed by atoms with Gasteiger partial charge in [-0.1, -0.05) is 53.7 Å². The molecule has 0 aliphatic carbocycles. The molecule has 7 heteroatoms. The van der Waals surface area contributed by atoms with E-state index in [1.54, 1.807) is 11.8 Å². The van der Waals surface area contributed by atoms with Gasteiger partial charge in [-0.3, -0.25) is 4.79 Å². The lowest BCUT2D eigenvalue weighted by Gasteiger charge is -2.14. The lowest BCUT2D eigenvalue weighted by atomic mass is 10.2. The normalized spacial score (nSPS) is 10.1. The standard InChI is InChI=1S/C22H17ClN2O3S/c1-27-19-12-15(13-24)11-17(23)22(19)28-14-21(26)25-18-9-5-6-10-20(18)29-16-7-3-2-4-8-16/h2-12H,14H2,1H3,(H,25,26). The monoisotopic (exact) mass is 424 g/mol. The van der Waals surface area contributed by atoms with Crippen molar-refractivity contribution in [1.82, 2.24) is 0 Å². The van der Waals surface area contributed by atoms with Crippen LogP contribution in [0.3, 0.4) is 0 Å². The highest BCUT2D eigenvalue weighted by Crippen LogP contribution is 2.36. The van der Waals surface area contributed by atoms with Crippen LogP contribution in [0.5, 0.6) is 11.5 Å². The van der Waals surface area contributed by atoms with Gasteiger partial charge < -0.3 is 14.8 Å². The van der Waals surface area contributed by atoms with Crippen molar-refractivity contribution in [2.75, 3.05) is 19.0 Å². The molecule has 146 valence electrons. The summed E-state index contributed by atoms with van der Waals surface area (Å²) in [5, 5.41) is 12.1. The van der Waals surface area contributed by atoms with Gasteiger partial charge in [-0.2, -0.15) is 5.26 Å². The van der Waals surface area contributed by atoms with Gasteiger partial charge in [0.1, 0.15) is 0 Å². The lowest BCUT2D eigenvalue weighted by Crippen LogP contribution is -2.20. The van der Waals surface area contributed by atoms with Crippen LogP contribution in [0, 0.1) is 11.3 Å². The number of carbonyl (C=O) groups excluding carboxylic acids is 1. The first-order chi connectivity index (χ1) is 14.1. The Morgan fingerprint density at radius 1 is 1.14 bits per heavy atom. The van der Waals surface area contributed by atoms with Gasteiger partial charge in [0.05, 0.1) is 29.5 Å². The Morgan fingerprint density at radius 3 is 2.59 bits per heavy atom. The number of nitrogens with zero attached hydrogens (tertiary/aromatic N) is 1.